The number of nitrogens with zero attached hydrogens (tertiary/aromatic N) is 2. The lowest BCUT2D eigenvalue weighted by molar-refractivity contribution is 0.101. The highest BCUT2D eigenvalue weighted by Gasteiger charge is 2.15. The molecule has 0 saturated carbocycles. The third kappa shape index (κ3) is 3.46. The summed E-state index contributed by atoms with van der Waals surface area (Å²) in [7, 11) is -3.68. The number of carbonyl (C=O) groups excluding carboxylic acids is 1. The monoisotopic (exact) mass is 291 g/mol. The third-order valence-corrected chi connectivity index (χ3v) is 4.04. The third-order valence-electron chi connectivity index (χ3n) is 2.64. The predicted molar refractivity (Wildman–Crippen MR) is 72.5 cm³/mol. The number of aromatic nitrogens is 2. The zero-order valence-electron chi connectivity index (χ0n) is 10.8. The second kappa shape index (κ2) is 5.89. The van der Waals surface area contributed by atoms with Crippen molar-refractivity contribution < 1.29 is 13.2 Å². The number of rotatable bonds is 5. The highest BCUT2D eigenvalue weighted by molar-refractivity contribution is 7.89. The maximum Gasteiger partial charge on any atom is 0.240 e. The lowest BCUT2D eigenvalue weighted by Gasteiger charge is -2.07. The maximum atomic E-state index is 12.1. The average molecular weight is 291 g/mol. The standard InChI is InChI=1S/C13H13N3O3S/c1-10(17)11-3-2-4-13(7-11)20(18,19)16-8-12-5-6-14-9-15-12/h2-7,9,16H,8H2,1H3. The molecule has 0 aliphatic heterocycles. The Kier molecular flexibility index (Phi) is 4.21. The van der Waals surface area contributed by atoms with E-state index < -0.39 is 10.0 Å². The fourth-order valence-corrected chi connectivity index (χ4v) is 2.60. The van der Waals surface area contributed by atoms with E-state index in [4.69, 9.17) is 0 Å². The van der Waals surface area contributed by atoms with Gasteiger partial charge >= 0.3 is 0 Å². The Morgan fingerprint density at radius 2 is 2.10 bits per heavy atom. The van der Waals surface area contributed by atoms with E-state index in [-0.39, 0.29) is 17.2 Å². The topological polar surface area (TPSA) is 89.0 Å². The molecule has 0 spiro atoms. The summed E-state index contributed by atoms with van der Waals surface area (Å²) in [5, 5.41) is 0. The summed E-state index contributed by atoms with van der Waals surface area (Å²) in [4.78, 5) is 19.0. The van der Waals surface area contributed by atoms with Crippen LogP contribution in [0.1, 0.15) is 23.0 Å². The van der Waals surface area contributed by atoms with Crippen molar-refractivity contribution in [2.24, 2.45) is 0 Å². The number of nitrogens with one attached hydrogen (secondary N) is 1. The van der Waals surface area contributed by atoms with E-state index in [1.165, 1.54) is 37.6 Å². The van der Waals surface area contributed by atoms with E-state index in [2.05, 4.69) is 14.7 Å². The van der Waals surface area contributed by atoms with Crippen LogP contribution in [-0.2, 0) is 16.6 Å². The Hall–Kier alpha value is -2.12. The minimum absolute atomic E-state index is 0.0549. The normalized spacial score (nSPS) is 11.2. The van der Waals surface area contributed by atoms with E-state index in [0.29, 0.717) is 11.3 Å². The second-order valence-corrected chi connectivity index (χ2v) is 5.88. The zero-order valence-corrected chi connectivity index (χ0v) is 11.6. The van der Waals surface area contributed by atoms with Crippen molar-refractivity contribution in [1.82, 2.24) is 14.7 Å². The summed E-state index contributed by atoms with van der Waals surface area (Å²) in [5.74, 6) is -0.183. The lowest BCUT2D eigenvalue weighted by Crippen LogP contribution is -2.24. The molecule has 6 nitrogen and oxygen atoms in total. The van der Waals surface area contributed by atoms with Gasteiger partial charge in [-0.2, -0.15) is 0 Å². The molecule has 2 rings (SSSR count). The molecule has 2 aromatic rings. The summed E-state index contributed by atoms with van der Waals surface area (Å²) < 4.78 is 26.7. The van der Waals surface area contributed by atoms with Crippen LogP contribution in [0, 0.1) is 0 Å². The van der Waals surface area contributed by atoms with Gasteiger partial charge in [0.05, 0.1) is 17.1 Å². The van der Waals surface area contributed by atoms with Gasteiger partial charge in [0, 0.05) is 11.8 Å². The van der Waals surface area contributed by atoms with Crippen LogP contribution in [0.2, 0.25) is 0 Å². The van der Waals surface area contributed by atoms with Gasteiger partial charge in [0.25, 0.3) is 0 Å². The first-order valence-corrected chi connectivity index (χ1v) is 7.33. The van der Waals surface area contributed by atoms with E-state index in [0.717, 1.165) is 0 Å². The molecule has 0 unspecified atom stereocenters. The summed E-state index contributed by atoms with van der Waals surface area (Å²) in [6.07, 6.45) is 2.88. The highest BCUT2D eigenvalue weighted by atomic mass is 32.2. The molecule has 104 valence electrons. The van der Waals surface area contributed by atoms with Gasteiger partial charge < -0.3 is 0 Å². The van der Waals surface area contributed by atoms with Crippen molar-refractivity contribution in [2.45, 2.75) is 18.4 Å². The van der Waals surface area contributed by atoms with Crippen molar-refractivity contribution in [1.29, 1.82) is 0 Å². The summed E-state index contributed by atoms with van der Waals surface area (Å²) in [6.45, 7) is 1.45. The van der Waals surface area contributed by atoms with Gasteiger partial charge in [-0.25, -0.2) is 23.1 Å². The maximum absolute atomic E-state index is 12.1. The SMILES string of the molecule is CC(=O)c1cccc(S(=O)(=O)NCc2ccncn2)c1. The molecule has 1 N–H and O–H groups in total. The molecule has 0 atom stereocenters. The quantitative estimate of drug-likeness (QED) is 0.835. The summed E-state index contributed by atoms with van der Waals surface area (Å²) >= 11 is 0. The van der Waals surface area contributed by atoms with Crippen molar-refractivity contribution in [3.05, 3.63) is 54.1 Å². The van der Waals surface area contributed by atoms with Crippen molar-refractivity contribution in [2.75, 3.05) is 0 Å². The van der Waals surface area contributed by atoms with Crippen molar-refractivity contribution >= 4 is 15.8 Å². The van der Waals surface area contributed by atoms with Gasteiger partial charge in [0.1, 0.15) is 6.33 Å². The number of sulfonamides is 1. The summed E-state index contributed by atoms with van der Waals surface area (Å²) in [6, 6.07) is 7.52. The van der Waals surface area contributed by atoms with Crippen molar-refractivity contribution in [3.8, 4) is 0 Å². The average Bonchev–Trinajstić information content (AvgIpc) is 2.46. The van der Waals surface area contributed by atoms with Crippen LogP contribution in [-0.4, -0.2) is 24.2 Å². The lowest BCUT2D eigenvalue weighted by atomic mass is 10.2. The fourth-order valence-electron chi connectivity index (χ4n) is 1.56. The number of hydrogen-bond donors (Lipinski definition) is 1. The molecule has 0 saturated heterocycles. The van der Waals surface area contributed by atoms with Gasteiger partial charge in [0.15, 0.2) is 5.78 Å². The Balaban J connectivity index is 2.18. The number of carbonyl (C=O) groups is 1. The molecular formula is C13H13N3O3S. The van der Waals surface area contributed by atoms with Crippen LogP contribution >= 0.6 is 0 Å². The molecule has 0 radical (unpaired) electrons. The largest absolute Gasteiger partial charge is 0.295 e. The van der Waals surface area contributed by atoms with Crippen LogP contribution in [0.15, 0.2) is 47.8 Å². The molecule has 1 heterocycles. The smallest absolute Gasteiger partial charge is 0.240 e. The van der Waals surface area contributed by atoms with Crippen LogP contribution in [0.3, 0.4) is 0 Å². The Morgan fingerprint density at radius 3 is 2.75 bits per heavy atom. The first kappa shape index (κ1) is 14.3. The Morgan fingerprint density at radius 1 is 1.30 bits per heavy atom. The van der Waals surface area contributed by atoms with E-state index in [9.17, 15) is 13.2 Å². The van der Waals surface area contributed by atoms with Crippen molar-refractivity contribution in [3.63, 3.8) is 0 Å². The van der Waals surface area contributed by atoms with Gasteiger partial charge in [-0.05, 0) is 25.1 Å². The predicted octanol–water partition coefficient (Wildman–Crippen LogP) is 1.16. The number of hydrogen-bond acceptors (Lipinski definition) is 5. The molecule has 20 heavy (non-hydrogen) atoms. The van der Waals surface area contributed by atoms with Crippen LogP contribution < -0.4 is 4.72 Å². The van der Waals surface area contributed by atoms with E-state index in [1.54, 1.807) is 12.1 Å². The molecule has 0 aliphatic rings. The minimum atomic E-state index is -3.68. The molecule has 0 aliphatic carbocycles. The molecule has 7 heteroatoms. The molecular weight excluding hydrogens is 278 g/mol. The molecule has 0 bridgehead atoms. The van der Waals surface area contributed by atoms with Gasteiger partial charge in [-0.3, -0.25) is 4.79 Å². The van der Waals surface area contributed by atoms with Crippen LogP contribution in [0.25, 0.3) is 0 Å². The molecule has 0 fully saturated rings. The highest BCUT2D eigenvalue weighted by Crippen LogP contribution is 2.12. The zero-order chi connectivity index (χ0) is 14.6. The Labute approximate surface area is 116 Å². The Bertz CT molecular complexity index is 715. The number of Topliss-reactive ketones (excluding diaryl/α,β-unsaturated/α-hetero) is 1. The first-order chi connectivity index (χ1) is 9.49. The van der Waals surface area contributed by atoms with Crippen LogP contribution in [0.5, 0.6) is 0 Å². The molecule has 0 amide bonds. The van der Waals surface area contributed by atoms with Gasteiger partial charge in [-0.15, -0.1) is 0 Å². The summed E-state index contributed by atoms with van der Waals surface area (Å²) in [5.41, 5.74) is 0.918. The van der Waals surface area contributed by atoms with E-state index in [1.807, 2.05) is 0 Å². The van der Waals surface area contributed by atoms with E-state index >= 15 is 0 Å². The minimum Gasteiger partial charge on any atom is -0.295 e. The van der Waals surface area contributed by atoms with Gasteiger partial charge in [-0.1, -0.05) is 12.1 Å². The number of benzene rings is 1. The second-order valence-electron chi connectivity index (χ2n) is 4.11. The molecule has 1 aromatic carbocycles. The number of ketones is 1. The molecule has 1 aromatic heterocycles. The van der Waals surface area contributed by atoms with Gasteiger partial charge in [0.2, 0.25) is 10.0 Å². The van der Waals surface area contributed by atoms with Crippen LogP contribution in [0.4, 0.5) is 0 Å². The first-order valence-electron chi connectivity index (χ1n) is 5.84. The fraction of sp³-hybridized carbons (Fsp3) is 0.154.